The van der Waals surface area contributed by atoms with Crippen molar-refractivity contribution in [2.75, 3.05) is 25.1 Å². The fourth-order valence-corrected chi connectivity index (χ4v) is 7.00. The van der Waals surface area contributed by atoms with Crippen LogP contribution in [0.15, 0.2) is 9.81 Å². The van der Waals surface area contributed by atoms with Crippen molar-refractivity contribution in [1.82, 2.24) is 20.4 Å². The number of nitrogens with one attached hydrogen (secondary N) is 2. The van der Waals surface area contributed by atoms with Gasteiger partial charge in [-0.3, -0.25) is 29.5 Å². The SMILES string of the molecule is CCCCN1C(=O)NC(=O)C(=C2SCCCS2)C1=O.CN1C(=O)NC(CC2CCCCC2)C1=O. The van der Waals surface area contributed by atoms with Crippen molar-refractivity contribution in [2.24, 2.45) is 5.92 Å². The number of hydrogen-bond donors (Lipinski definition) is 2. The molecule has 0 spiro atoms. The molecule has 3 heterocycles. The molecule has 1 aliphatic carbocycles. The van der Waals surface area contributed by atoms with E-state index < -0.39 is 17.8 Å². The molecule has 9 nitrogen and oxygen atoms in total. The van der Waals surface area contributed by atoms with Crippen molar-refractivity contribution in [3.63, 3.8) is 0 Å². The maximum Gasteiger partial charge on any atom is 0.331 e. The third-order valence-electron chi connectivity index (χ3n) is 6.37. The Morgan fingerprint density at radius 3 is 2.21 bits per heavy atom. The van der Waals surface area contributed by atoms with Gasteiger partial charge >= 0.3 is 12.1 Å². The lowest BCUT2D eigenvalue weighted by Gasteiger charge is -2.28. The molecule has 11 heteroatoms. The zero-order chi connectivity index (χ0) is 24.7. The molecular formula is C23H34N4O5S2. The standard InChI is InChI=1S/C12H16N2O3S2.C11H18N2O2/c1-2-3-5-14-10(16)8(9(15)13-12(14)17)11-18-6-4-7-19-11;1-13-10(14)9(12-11(13)15)7-8-5-3-2-4-6-8/h2-7H2,1H3,(H,13,15,17);8-9H,2-7H2,1H3,(H,12,15). The first-order chi connectivity index (χ1) is 16.3. The number of thioether (sulfide) groups is 2. The van der Waals surface area contributed by atoms with E-state index in [1.807, 2.05) is 6.92 Å². The van der Waals surface area contributed by atoms with Gasteiger partial charge in [0.2, 0.25) is 0 Å². The number of nitrogens with zero attached hydrogens (tertiary/aromatic N) is 2. The van der Waals surface area contributed by atoms with Gasteiger partial charge in [-0.25, -0.2) is 9.59 Å². The smallest absolute Gasteiger partial charge is 0.326 e. The zero-order valence-electron chi connectivity index (χ0n) is 19.9. The first-order valence-corrected chi connectivity index (χ1v) is 14.1. The molecular weight excluding hydrogens is 476 g/mol. The Labute approximate surface area is 209 Å². The molecule has 7 amide bonds. The fourth-order valence-electron chi connectivity index (χ4n) is 4.38. The molecule has 0 radical (unpaired) electrons. The highest BCUT2D eigenvalue weighted by Crippen LogP contribution is 2.38. The van der Waals surface area contributed by atoms with Crippen LogP contribution < -0.4 is 10.6 Å². The van der Waals surface area contributed by atoms with Crippen molar-refractivity contribution in [3.05, 3.63) is 9.81 Å². The van der Waals surface area contributed by atoms with Crippen molar-refractivity contribution >= 4 is 53.3 Å². The number of likely N-dealkylation sites (N-methyl/N-ethyl adjacent to an activating group) is 1. The van der Waals surface area contributed by atoms with E-state index in [9.17, 15) is 24.0 Å². The van der Waals surface area contributed by atoms with E-state index in [2.05, 4.69) is 10.6 Å². The van der Waals surface area contributed by atoms with Crippen LogP contribution in [-0.2, 0) is 14.4 Å². The summed E-state index contributed by atoms with van der Waals surface area (Å²) in [5.41, 5.74) is 0.144. The van der Waals surface area contributed by atoms with E-state index in [1.165, 1.54) is 60.5 Å². The van der Waals surface area contributed by atoms with Crippen molar-refractivity contribution in [1.29, 1.82) is 0 Å². The van der Waals surface area contributed by atoms with Crippen LogP contribution >= 0.6 is 23.5 Å². The molecule has 0 bridgehead atoms. The van der Waals surface area contributed by atoms with Gasteiger partial charge in [-0.05, 0) is 36.7 Å². The van der Waals surface area contributed by atoms with Gasteiger partial charge in [0.05, 0.1) is 4.24 Å². The summed E-state index contributed by atoms with van der Waals surface area (Å²) in [5.74, 6) is 1.38. The Morgan fingerprint density at radius 2 is 1.62 bits per heavy atom. The third kappa shape index (κ3) is 6.56. The summed E-state index contributed by atoms with van der Waals surface area (Å²) in [6, 6.07) is -1.11. The molecule has 0 aromatic carbocycles. The molecule has 4 fully saturated rings. The molecule has 188 valence electrons. The maximum absolute atomic E-state index is 12.3. The largest absolute Gasteiger partial charge is 0.331 e. The van der Waals surface area contributed by atoms with E-state index in [0.717, 1.165) is 46.3 Å². The Morgan fingerprint density at radius 1 is 0.941 bits per heavy atom. The summed E-state index contributed by atoms with van der Waals surface area (Å²) in [7, 11) is 1.54. The van der Waals surface area contributed by atoms with Gasteiger partial charge in [0.1, 0.15) is 11.6 Å². The molecule has 3 aliphatic heterocycles. The fraction of sp³-hybridized carbons (Fsp3) is 0.696. The van der Waals surface area contributed by atoms with Crippen LogP contribution in [0.2, 0.25) is 0 Å². The van der Waals surface area contributed by atoms with Crippen LogP contribution in [0.3, 0.4) is 0 Å². The van der Waals surface area contributed by atoms with Crippen molar-refractivity contribution in [2.45, 2.75) is 70.8 Å². The number of barbiturate groups is 1. The van der Waals surface area contributed by atoms with Gasteiger partial charge in [0, 0.05) is 13.6 Å². The highest BCUT2D eigenvalue weighted by molar-refractivity contribution is 8.22. The van der Waals surface area contributed by atoms with Gasteiger partial charge in [-0.15, -0.1) is 23.5 Å². The van der Waals surface area contributed by atoms with E-state index in [-0.39, 0.29) is 23.6 Å². The lowest BCUT2D eigenvalue weighted by Crippen LogP contribution is -2.54. The molecule has 1 saturated carbocycles. The molecule has 1 unspecified atom stereocenters. The average molecular weight is 511 g/mol. The van der Waals surface area contributed by atoms with Crippen LogP contribution in [-0.4, -0.2) is 70.7 Å². The number of amides is 7. The van der Waals surface area contributed by atoms with Crippen molar-refractivity contribution in [3.8, 4) is 0 Å². The molecule has 34 heavy (non-hydrogen) atoms. The summed E-state index contributed by atoms with van der Waals surface area (Å²) in [6.45, 7) is 2.35. The minimum atomic E-state index is -0.599. The average Bonchev–Trinajstić information content (AvgIpc) is 3.07. The van der Waals surface area contributed by atoms with Crippen LogP contribution in [0.1, 0.15) is 64.7 Å². The van der Waals surface area contributed by atoms with Crippen LogP contribution in [0.5, 0.6) is 0 Å². The summed E-state index contributed by atoms with van der Waals surface area (Å²) in [4.78, 5) is 61.1. The Balaban J connectivity index is 0.000000196. The normalized spacial score (nSPS) is 24.2. The van der Waals surface area contributed by atoms with Gasteiger partial charge < -0.3 is 5.32 Å². The summed E-state index contributed by atoms with van der Waals surface area (Å²) >= 11 is 3.05. The van der Waals surface area contributed by atoms with Crippen LogP contribution in [0, 0.1) is 5.92 Å². The number of rotatable bonds is 5. The van der Waals surface area contributed by atoms with Gasteiger partial charge in [-0.2, -0.15) is 0 Å². The zero-order valence-corrected chi connectivity index (χ0v) is 21.5. The second-order valence-electron chi connectivity index (χ2n) is 8.92. The van der Waals surface area contributed by atoms with E-state index >= 15 is 0 Å². The number of hydrogen-bond acceptors (Lipinski definition) is 7. The molecule has 0 aromatic heterocycles. The lowest BCUT2D eigenvalue weighted by molar-refractivity contribution is -0.130. The number of unbranched alkanes of at least 4 members (excludes halogenated alkanes) is 1. The Bertz CT molecular complexity index is 848. The maximum atomic E-state index is 12.3. The molecule has 1 atom stereocenters. The molecule has 4 rings (SSSR count). The number of imide groups is 3. The van der Waals surface area contributed by atoms with E-state index in [1.54, 1.807) is 7.05 Å². The van der Waals surface area contributed by atoms with E-state index in [4.69, 9.17) is 0 Å². The topological polar surface area (TPSA) is 116 Å². The predicted molar refractivity (Wildman–Crippen MR) is 133 cm³/mol. The Hall–Kier alpha value is -2.01. The quantitative estimate of drug-likeness (QED) is 0.331. The first kappa shape index (κ1) is 26.6. The molecule has 4 aliphatic rings. The van der Waals surface area contributed by atoms with Gasteiger partial charge in [-0.1, -0.05) is 45.4 Å². The van der Waals surface area contributed by atoms with Crippen molar-refractivity contribution < 1.29 is 24.0 Å². The molecule has 2 N–H and O–H groups in total. The van der Waals surface area contributed by atoms with Crippen LogP contribution in [0.25, 0.3) is 0 Å². The summed E-state index contributed by atoms with van der Waals surface area (Å²) in [6.07, 6.45) is 9.82. The van der Waals surface area contributed by atoms with Crippen LogP contribution in [0.4, 0.5) is 9.59 Å². The van der Waals surface area contributed by atoms with E-state index in [0.29, 0.717) is 12.5 Å². The number of carbonyl (C=O) groups is 5. The molecule has 3 saturated heterocycles. The molecule has 0 aromatic rings. The lowest BCUT2D eigenvalue weighted by atomic mass is 9.85. The van der Waals surface area contributed by atoms with Gasteiger partial charge in [0.25, 0.3) is 17.7 Å². The minimum Gasteiger partial charge on any atom is -0.326 e. The first-order valence-electron chi connectivity index (χ1n) is 12.1. The third-order valence-corrected chi connectivity index (χ3v) is 9.00. The second-order valence-corrected chi connectivity index (χ2v) is 11.4. The highest BCUT2D eigenvalue weighted by atomic mass is 32.2. The number of carbonyl (C=O) groups excluding carboxylic acids is 5. The monoisotopic (exact) mass is 510 g/mol. The second kappa shape index (κ2) is 12.6. The summed E-state index contributed by atoms with van der Waals surface area (Å²) in [5, 5.41) is 5.00. The predicted octanol–water partition coefficient (Wildman–Crippen LogP) is 3.45. The minimum absolute atomic E-state index is 0.0643. The Kier molecular flexibility index (Phi) is 9.87. The summed E-state index contributed by atoms with van der Waals surface area (Å²) < 4.78 is 0.753. The van der Waals surface area contributed by atoms with Gasteiger partial charge in [0.15, 0.2) is 0 Å². The number of urea groups is 2. The highest BCUT2D eigenvalue weighted by Gasteiger charge is 2.38.